The van der Waals surface area contributed by atoms with Gasteiger partial charge in [-0.05, 0) is 19.8 Å². The van der Waals surface area contributed by atoms with Gasteiger partial charge in [-0.3, -0.25) is 4.79 Å². The van der Waals surface area contributed by atoms with Crippen molar-refractivity contribution >= 4 is 12.0 Å². The minimum absolute atomic E-state index is 0.0861. The molecule has 0 radical (unpaired) electrons. The van der Waals surface area contributed by atoms with Crippen molar-refractivity contribution < 1.29 is 27.9 Å². The summed E-state index contributed by atoms with van der Waals surface area (Å²) in [5, 5.41) is 8.67. The number of urea groups is 1. The van der Waals surface area contributed by atoms with Crippen LogP contribution in [0.15, 0.2) is 0 Å². The molecule has 20 heavy (non-hydrogen) atoms. The third-order valence-electron chi connectivity index (χ3n) is 3.32. The van der Waals surface area contributed by atoms with E-state index in [0.29, 0.717) is 4.90 Å². The van der Waals surface area contributed by atoms with Crippen LogP contribution < -0.4 is 0 Å². The molecule has 0 atom stereocenters. The molecule has 1 N–H and O–H groups in total. The Morgan fingerprint density at radius 3 is 2.20 bits per heavy atom. The third-order valence-corrected chi connectivity index (χ3v) is 3.32. The van der Waals surface area contributed by atoms with E-state index in [2.05, 4.69) is 0 Å². The predicted octanol–water partition coefficient (Wildman–Crippen LogP) is 2.32. The lowest BCUT2D eigenvalue weighted by molar-refractivity contribution is -0.150. The summed E-state index contributed by atoms with van der Waals surface area (Å²) in [4.78, 5) is 24.5. The molecular weight excluding hydrogens is 277 g/mol. The Labute approximate surface area is 115 Å². The van der Waals surface area contributed by atoms with E-state index in [-0.39, 0.29) is 12.6 Å². The zero-order valence-electron chi connectivity index (χ0n) is 11.3. The fraction of sp³-hybridized carbons (Fsp3) is 0.833. The van der Waals surface area contributed by atoms with Gasteiger partial charge in [-0.2, -0.15) is 13.2 Å². The molecule has 0 saturated heterocycles. The van der Waals surface area contributed by atoms with Crippen LogP contribution in [0.25, 0.3) is 0 Å². The Bertz CT molecular complexity index is 354. The number of hydrogen-bond donors (Lipinski definition) is 1. The minimum atomic E-state index is -4.61. The average molecular weight is 296 g/mol. The van der Waals surface area contributed by atoms with Crippen molar-refractivity contribution in [2.24, 2.45) is 0 Å². The number of carbonyl (C=O) groups excluding carboxylic acids is 1. The maximum atomic E-state index is 12.5. The average Bonchev–Trinajstić information content (AvgIpc) is 2.80. The highest BCUT2D eigenvalue weighted by Crippen LogP contribution is 2.25. The van der Waals surface area contributed by atoms with E-state index in [1.54, 1.807) is 6.92 Å². The molecule has 0 bridgehead atoms. The Kier molecular flexibility index (Phi) is 5.64. The molecule has 1 rings (SSSR count). The lowest BCUT2D eigenvalue weighted by atomic mass is 10.2. The maximum absolute atomic E-state index is 12.5. The molecule has 0 spiro atoms. The quantitative estimate of drug-likeness (QED) is 0.847. The van der Waals surface area contributed by atoms with Gasteiger partial charge in [0.05, 0.1) is 0 Å². The normalized spacial score (nSPS) is 16.2. The highest BCUT2D eigenvalue weighted by atomic mass is 19.4. The predicted molar refractivity (Wildman–Crippen MR) is 65.3 cm³/mol. The Balaban J connectivity index is 2.80. The molecule has 2 amide bonds. The van der Waals surface area contributed by atoms with Gasteiger partial charge in [0, 0.05) is 12.6 Å². The molecule has 1 aliphatic carbocycles. The van der Waals surface area contributed by atoms with Crippen molar-refractivity contribution in [2.75, 3.05) is 19.6 Å². The van der Waals surface area contributed by atoms with Crippen molar-refractivity contribution in [1.82, 2.24) is 9.80 Å². The van der Waals surface area contributed by atoms with Crippen LogP contribution in [0.4, 0.5) is 18.0 Å². The Morgan fingerprint density at radius 1 is 1.25 bits per heavy atom. The lowest BCUT2D eigenvalue weighted by Gasteiger charge is -2.33. The van der Waals surface area contributed by atoms with E-state index in [1.807, 2.05) is 0 Å². The summed E-state index contributed by atoms with van der Waals surface area (Å²) >= 11 is 0. The summed E-state index contributed by atoms with van der Waals surface area (Å²) in [7, 11) is 0. The number of carbonyl (C=O) groups is 2. The Hall–Kier alpha value is -1.47. The standard InChI is InChI=1S/C12H19F3N2O3/c1-2-17(9-5-3-4-6-9)11(20)16(7-10(18)19)8-12(13,14)15/h9H,2-8H2,1H3,(H,18,19). The highest BCUT2D eigenvalue weighted by molar-refractivity contribution is 5.80. The number of alkyl halides is 3. The first kappa shape index (κ1) is 16.6. The maximum Gasteiger partial charge on any atom is 0.406 e. The molecule has 8 heteroatoms. The van der Waals surface area contributed by atoms with Gasteiger partial charge in [0.1, 0.15) is 13.1 Å². The van der Waals surface area contributed by atoms with E-state index in [0.717, 1.165) is 25.7 Å². The van der Waals surface area contributed by atoms with Gasteiger partial charge in [0.2, 0.25) is 0 Å². The van der Waals surface area contributed by atoms with Crippen LogP contribution >= 0.6 is 0 Å². The second-order valence-electron chi connectivity index (χ2n) is 4.87. The van der Waals surface area contributed by atoms with Gasteiger partial charge < -0.3 is 14.9 Å². The molecule has 0 aromatic heterocycles. The van der Waals surface area contributed by atoms with Gasteiger partial charge in [-0.25, -0.2) is 4.79 Å². The van der Waals surface area contributed by atoms with Gasteiger partial charge in [-0.15, -0.1) is 0 Å². The number of nitrogens with zero attached hydrogens (tertiary/aromatic N) is 2. The van der Waals surface area contributed by atoms with E-state index < -0.39 is 31.3 Å². The molecule has 0 aromatic carbocycles. The number of aliphatic carboxylic acids is 1. The van der Waals surface area contributed by atoms with Crippen molar-refractivity contribution in [1.29, 1.82) is 0 Å². The largest absolute Gasteiger partial charge is 0.480 e. The minimum Gasteiger partial charge on any atom is -0.480 e. The Morgan fingerprint density at radius 2 is 1.80 bits per heavy atom. The number of carboxylic acid groups (broad SMARTS) is 1. The molecule has 5 nitrogen and oxygen atoms in total. The number of hydrogen-bond acceptors (Lipinski definition) is 2. The summed E-state index contributed by atoms with van der Waals surface area (Å²) < 4.78 is 37.4. The second kappa shape index (κ2) is 6.81. The van der Waals surface area contributed by atoms with Crippen LogP contribution in [-0.2, 0) is 4.79 Å². The number of halogens is 3. The van der Waals surface area contributed by atoms with E-state index in [9.17, 15) is 22.8 Å². The van der Waals surface area contributed by atoms with Gasteiger partial charge in [0.15, 0.2) is 0 Å². The van der Waals surface area contributed by atoms with Crippen LogP contribution in [-0.4, -0.2) is 58.8 Å². The van der Waals surface area contributed by atoms with Crippen LogP contribution in [0.2, 0.25) is 0 Å². The first-order valence-electron chi connectivity index (χ1n) is 6.58. The third kappa shape index (κ3) is 4.90. The van der Waals surface area contributed by atoms with Crippen molar-refractivity contribution in [3.05, 3.63) is 0 Å². The van der Waals surface area contributed by atoms with Crippen LogP contribution in [0.3, 0.4) is 0 Å². The molecule has 0 heterocycles. The smallest absolute Gasteiger partial charge is 0.406 e. The van der Waals surface area contributed by atoms with E-state index >= 15 is 0 Å². The molecule has 0 aromatic rings. The topological polar surface area (TPSA) is 60.9 Å². The molecular formula is C12H19F3N2O3. The summed E-state index contributed by atoms with van der Waals surface area (Å²) in [5.74, 6) is -1.45. The first-order chi connectivity index (χ1) is 9.24. The van der Waals surface area contributed by atoms with Crippen LogP contribution in [0.1, 0.15) is 32.6 Å². The lowest BCUT2D eigenvalue weighted by Crippen LogP contribution is -2.51. The number of rotatable bonds is 5. The van der Waals surface area contributed by atoms with E-state index in [4.69, 9.17) is 5.11 Å². The number of carboxylic acids is 1. The molecule has 0 unspecified atom stereocenters. The monoisotopic (exact) mass is 296 g/mol. The van der Waals surface area contributed by atoms with Crippen LogP contribution in [0.5, 0.6) is 0 Å². The van der Waals surface area contributed by atoms with Crippen molar-refractivity contribution in [3.8, 4) is 0 Å². The highest BCUT2D eigenvalue weighted by Gasteiger charge is 2.37. The number of amides is 2. The molecule has 1 saturated carbocycles. The molecule has 0 aliphatic heterocycles. The fourth-order valence-corrected chi connectivity index (χ4v) is 2.52. The zero-order valence-corrected chi connectivity index (χ0v) is 11.3. The molecule has 116 valence electrons. The SMILES string of the molecule is CCN(C(=O)N(CC(=O)O)CC(F)(F)F)C1CCCC1. The van der Waals surface area contributed by atoms with Gasteiger partial charge in [0.25, 0.3) is 0 Å². The van der Waals surface area contributed by atoms with E-state index in [1.165, 1.54) is 4.90 Å². The summed E-state index contributed by atoms with van der Waals surface area (Å²) in [6.45, 7) is -0.525. The van der Waals surface area contributed by atoms with Crippen LogP contribution in [0, 0.1) is 0 Å². The second-order valence-corrected chi connectivity index (χ2v) is 4.87. The molecule has 1 fully saturated rings. The first-order valence-corrected chi connectivity index (χ1v) is 6.58. The summed E-state index contributed by atoms with van der Waals surface area (Å²) in [6.07, 6.45) is -1.22. The zero-order chi connectivity index (χ0) is 15.3. The van der Waals surface area contributed by atoms with Gasteiger partial charge in [-0.1, -0.05) is 12.8 Å². The summed E-state index contributed by atoms with van der Waals surface area (Å²) in [6, 6.07) is -0.934. The van der Waals surface area contributed by atoms with Gasteiger partial charge >= 0.3 is 18.2 Å². The molecule has 1 aliphatic rings. The summed E-state index contributed by atoms with van der Waals surface area (Å²) in [5.41, 5.74) is 0. The van der Waals surface area contributed by atoms with Crippen molar-refractivity contribution in [3.63, 3.8) is 0 Å². The fourth-order valence-electron chi connectivity index (χ4n) is 2.52. The van der Waals surface area contributed by atoms with Crippen molar-refractivity contribution in [2.45, 2.75) is 44.8 Å².